The number of hydrogen-bond acceptors (Lipinski definition) is 2. The molecule has 2 aromatic heterocycles. The summed E-state index contributed by atoms with van der Waals surface area (Å²) in [6.07, 6.45) is 3.12. The molecule has 0 aliphatic rings. The van der Waals surface area contributed by atoms with Gasteiger partial charge in [-0.25, -0.2) is 4.39 Å². The third-order valence-electron chi connectivity index (χ3n) is 2.78. The number of hydrogen-bond donors (Lipinski definition) is 0. The molecule has 1 aromatic carbocycles. The van der Waals surface area contributed by atoms with Crippen LogP contribution in [0.15, 0.2) is 54.9 Å². The molecule has 4 heteroatoms. The van der Waals surface area contributed by atoms with Crippen LogP contribution in [0, 0.1) is 5.82 Å². The Morgan fingerprint density at radius 2 is 2.00 bits per heavy atom. The molecular formula is C14H9FN2O. The summed E-state index contributed by atoms with van der Waals surface area (Å²) in [7, 11) is 0. The van der Waals surface area contributed by atoms with Crippen LogP contribution in [-0.2, 0) is 0 Å². The van der Waals surface area contributed by atoms with Crippen molar-refractivity contribution in [1.82, 2.24) is 9.55 Å². The van der Waals surface area contributed by atoms with Crippen LogP contribution in [0.4, 0.5) is 4.39 Å². The minimum absolute atomic E-state index is 0.267. The van der Waals surface area contributed by atoms with Crippen LogP contribution in [0.25, 0.3) is 10.9 Å². The lowest BCUT2D eigenvalue weighted by molar-refractivity contribution is 0.0960. The Kier molecular flexibility index (Phi) is 2.41. The average Bonchev–Trinajstić information content (AvgIpc) is 2.84. The van der Waals surface area contributed by atoms with Gasteiger partial charge in [-0.15, -0.1) is 0 Å². The van der Waals surface area contributed by atoms with Gasteiger partial charge in [0.2, 0.25) is 0 Å². The summed E-state index contributed by atoms with van der Waals surface area (Å²) in [5.74, 6) is -0.601. The molecular weight excluding hydrogens is 231 g/mol. The number of fused-ring (bicyclic) bond motifs is 1. The molecule has 0 spiro atoms. The normalized spacial score (nSPS) is 10.7. The number of aromatic nitrogens is 2. The second-order valence-corrected chi connectivity index (χ2v) is 3.88. The summed E-state index contributed by atoms with van der Waals surface area (Å²) < 4.78 is 14.9. The van der Waals surface area contributed by atoms with E-state index < -0.39 is 0 Å². The van der Waals surface area contributed by atoms with E-state index in [2.05, 4.69) is 4.98 Å². The van der Waals surface area contributed by atoms with E-state index in [4.69, 9.17) is 0 Å². The molecule has 0 bridgehead atoms. The highest BCUT2D eigenvalue weighted by atomic mass is 19.1. The highest BCUT2D eigenvalue weighted by Gasteiger charge is 2.13. The number of benzene rings is 1. The Labute approximate surface area is 103 Å². The molecule has 0 atom stereocenters. The molecule has 0 saturated heterocycles. The van der Waals surface area contributed by atoms with Gasteiger partial charge in [-0.05, 0) is 30.3 Å². The third kappa shape index (κ3) is 1.59. The van der Waals surface area contributed by atoms with E-state index in [1.165, 1.54) is 10.6 Å². The average molecular weight is 240 g/mol. The maximum Gasteiger partial charge on any atom is 0.280 e. The van der Waals surface area contributed by atoms with Gasteiger partial charge >= 0.3 is 0 Å². The van der Waals surface area contributed by atoms with Gasteiger partial charge < -0.3 is 0 Å². The Hall–Kier alpha value is -2.49. The number of halogens is 1. The SMILES string of the molecule is O=C(c1ccccn1)n1ccc2c(F)cccc21. The first kappa shape index (κ1) is 10.7. The van der Waals surface area contributed by atoms with Crippen LogP contribution in [0.3, 0.4) is 0 Å². The molecule has 3 nitrogen and oxygen atoms in total. The summed E-state index contributed by atoms with van der Waals surface area (Å²) >= 11 is 0. The molecule has 0 amide bonds. The van der Waals surface area contributed by atoms with Crippen LogP contribution in [0.1, 0.15) is 10.5 Å². The van der Waals surface area contributed by atoms with Crippen LogP contribution in [-0.4, -0.2) is 15.5 Å². The maximum atomic E-state index is 13.5. The minimum atomic E-state index is -0.333. The van der Waals surface area contributed by atoms with Gasteiger partial charge in [-0.2, -0.15) is 0 Å². The smallest absolute Gasteiger partial charge is 0.280 e. The van der Waals surface area contributed by atoms with Crippen molar-refractivity contribution in [2.24, 2.45) is 0 Å². The first-order valence-electron chi connectivity index (χ1n) is 5.49. The second kappa shape index (κ2) is 4.07. The van der Waals surface area contributed by atoms with Crippen LogP contribution in [0.2, 0.25) is 0 Å². The molecule has 0 fully saturated rings. The fourth-order valence-corrected chi connectivity index (χ4v) is 1.92. The fourth-order valence-electron chi connectivity index (χ4n) is 1.92. The number of carbonyl (C=O) groups is 1. The quantitative estimate of drug-likeness (QED) is 0.655. The Morgan fingerprint density at radius 1 is 1.11 bits per heavy atom. The van der Waals surface area contributed by atoms with Crippen LogP contribution in [0.5, 0.6) is 0 Å². The monoisotopic (exact) mass is 240 g/mol. The van der Waals surface area contributed by atoms with Gasteiger partial charge in [0.1, 0.15) is 11.5 Å². The second-order valence-electron chi connectivity index (χ2n) is 3.88. The summed E-state index contributed by atoms with van der Waals surface area (Å²) in [6, 6.07) is 11.4. The molecule has 18 heavy (non-hydrogen) atoms. The molecule has 0 aliphatic heterocycles. The van der Waals surface area contributed by atoms with Gasteiger partial charge in [-0.3, -0.25) is 14.3 Å². The van der Waals surface area contributed by atoms with Crippen molar-refractivity contribution in [2.45, 2.75) is 0 Å². The van der Waals surface area contributed by atoms with Gasteiger partial charge in [0.15, 0.2) is 0 Å². The summed E-state index contributed by atoms with van der Waals surface area (Å²) in [6.45, 7) is 0. The maximum absolute atomic E-state index is 13.5. The standard InChI is InChI=1S/C14H9FN2O/c15-11-4-3-6-13-10(11)7-9-17(13)14(18)12-5-1-2-8-16-12/h1-9H. The Morgan fingerprint density at radius 3 is 2.78 bits per heavy atom. The van der Waals surface area contributed by atoms with E-state index in [0.717, 1.165) is 0 Å². The van der Waals surface area contributed by atoms with Crippen molar-refractivity contribution in [3.05, 3.63) is 66.4 Å². The molecule has 0 aliphatic carbocycles. The van der Waals surface area contributed by atoms with Crippen molar-refractivity contribution < 1.29 is 9.18 Å². The van der Waals surface area contributed by atoms with E-state index in [1.54, 1.807) is 48.8 Å². The van der Waals surface area contributed by atoms with Gasteiger partial charge in [0.05, 0.1) is 5.52 Å². The Balaban J connectivity index is 2.16. The lowest BCUT2D eigenvalue weighted by Gasteiger charge is -2.03. The van der Waals surface area contributed by atoms with Crippen molar-refractivity contribution in [2.75, 3.05) is 0 Å². The molecule has 3 aromatic rings. The number of pyridine rings is 1. The minimum Gasteiger partial charge on any atom is -0.282 e. The Bertz CT molecular complexity index is 719. The van der Waals surface area contributed by atoms with Crippen molar-refractivity contribution in [1.29, 1.82) is 0 Å². The first-order valence-corrected chi connectivity index (χ1v) is 5.49. The van der Waals surface area contributed by atoms with E-state index in [-0.39, 0.29) is 11.7 Å². The summed E-state index contributed by atoms with van der Waals surface area (Å²) in [5, 5.41) is 0.432. The summed E-state index contributed by atoms with van der Waals surface area (Å²) in [4.78, 5) is 16.2. The molecule has 0 unspecified atom stereocenters. The molecule has 0 N–H and O–H groups in total. The van der Waals surface area contributed by atoms with E-state index in [9.17, 15) is 9.18 Å². The first-order chi connectivity index (χ1) is 8.77. The van der Waals surface area contributed by atoms with E-state index >= 15 is 0 Å². The van der Waals surface area contributed by atoms with Gasteiger partial charge in [0, 0.05) is 17.8 Å². The molecule has 0 radical (unpaired) electrons. The molecule has 2 heterocycles. The molecule has 88 valence electrons. The largest absolute Gasteiger partial charge is 0.282 e. The highest BCUT2D eigenvalue weighted by molar-refractivity contribution is 6.00. The zero-order valence-corrected chi connectivity index (χ0v) is 9.38. The van der Waals surface area contributed by atoms with Crippen molar-refractivity contribution in [3.63, 3.8) is 0 Å². The molecule has 3 rings (SSSR count). The number of rotatable bonds is 1. The number of nitrogens with zero attached hydrogens (tertiary/aromatic N) is 2. The van der Waals surface area contributed by atoms with Gasteiger partial charge in [-0.1, -0.05) is 12.1 Å². The highest BCUT2D eigenvalue weighted by Crippen LogP contribution is 2.19. The van der Waals surface area contributed by atoms with Crippen molar-refractivity contribution >= 4 is 16.8 Å². The summed E-state index contributed by atoms with van der Waals surface area (Å²) in [5.41, 5.74) is 0.880. The van der Waals surface area contributed by atoms with E-state index in [0.29, 0.717) is 16.6 Å². The third-order valence-corrected chi connectivity index (χ3v) is 2.78. The lowest BCUT2D eigenvalue weighted by atomic mass is 10.2. The predicted molar refractivity (Wildman–Crippen MR) is 65.9 cm³/mol. The topological polar surface area (TPSA) is 34.9 Å². The predicted octanol–water partition coefficient (Wildman–Crippen LogP) is 2.86. The van der Waals surface area contributed by atoms with Gasteiger partial charge in [0.25, 0.3) is 5.91 Å². The van der Waals surface area contributed by atoms with Crippen LogP contribution >= 0.6 is 0 Å². The fraction of sp³-hybridized carbons (Fsp3) is 0. The van der Waals surface area contributed by atoms with E-state index in [1.807, 2.05) is 0 Å². The zero-order valence-electron chi connectivity index (χ0n) is 9.38. The number of carbonyl (C=O) groups excluding carboxylic acids is 1. The van der Waals surface area contributed by atoms with Crippen molar-refractivity contribution in [3.8, 4) is 0 Å². The molecule has 0 saturated carbocycles. The lowest BCUT2D eigenvalue weighted by Crippen LogP contribution is -2.12. The van der Waals surface area contributed by atoms with Crippen LogP contribution < -0.4 is 0 Å². The zero-order chi connectivity index (χ0) is 12.5.